The van der Waals surface area contributed by atoms with Crippen LogP contribution in [0.5, 0.6) is 0 Å². The molecule has 8 heteroatoms. The average molecular weight is 505 g/mol. The number of nitrogens with one attached hydrogen (secondary N) is 3. The zero-order chi connectivity index (χ0) is 26.9. The lowest BCUT2D eigenvalue weighted by molar-refractivity contribution is -0.114. The molecule has 198 valence electrons. The second-order valence-electron chi connectivity index (χ2n) is 8.37. The number of hydrogen-bond donors (Lipinski definition) is 3. The van der Waals surface area contributed by atoms with E-state index < -0.39 is 0 Å². The van der Waals surface area contributed by atoms with Crippen molar-refractivity contribution in [2.75, 3.05) is 44.7 Å². The van der Waals surface area contributed by atoms with Gasteiger partial charge in [0.05, 0.1) is 5.71 Å². The Kier molecular flexibility index (Phi) is 13.6. The Morgan fingerprint density at radius 2 is 1.70 bits per heavy atom. The van der Waals surface area contributed by atoms with Crippen LogP contribution in [0, 0.1) is 0 Å². The van der Waals surface area contributed by atoms with Crippen LogP contribution < -0.4 is 21.0 Å². The fourth-order valence-corrected chi connectivity index (χ4v) is 3.81. The number of carbonyl (C=O) groups excluding carboxylic acids is 2. The number of benzene rings is 2. The topological polar surface area (TPSA) is 89.1 Å². The van der Waals surface area contributed by atoms with Crippen LogP contribution in [-0.2, 0) is 22.7 Å². The molecule has 37 heavy (non-hydrogen) atoms. The Bertz CT molecular complexity index is 1020. The predicted octanol–water partition coefficient (Wildman–Crippen LogP) is 3.06. The van der Waals surface area contributed by atoms with Crippen LogP contribution in [0.25, 0.3) is 0 Å². The van der Waals surface area contributed by atoms with Gasteiger partial charge in [0.2, 0.25) is 6.41 Å². The molecule has 8 nitrogen and oxygen atoms in total. The minimum atomic E-state index is -0.184. The standard InChI is InChI=1S/C15H16N2O.C9H10N2O.C5H14N2/c1-3-11-17(4-2)13-7-5-12(6-8-13)14-9-10-15(18)16-14;12-7-10-11-5-8-3-1-2-4-9(8)6-11;1-3-7-5-4-6-2/h3,5-10H,1,4,11H2,2H3;1-4,7H,5-6H2,(H,10,12);6-7H,3-5H2,1-2H3. The molecule has 0 unspecified atom stereocenters. The van der Waals surface area contributed by atoms with Crippen molar-refractivity contribution >= 4 is 23.7 Å². The van der Waals surface area contributed by atoms with Gasteiger partial charge in [-0.15, -0.1) is 6.58 Å². The third kappa shape index (κ3) is 10.1. The Hall–Kier alpha value is -3.59. The molecule has 2 aliphatic heterocycles. The Labute approximate surface area is 221 Å². The number of rotatable bonds is 11. The SMILES string of the molecule is C=CCN(CC)c1ccc(C2=NC(=O)C=C2)cc1.CCNCCNC.O=CNN1Cc2ccccc2C1. The summed E-state index contributed by atoms with van der Waals surface area (Å²) >= 11 is 0. The summed E-state index contributed by atoms with van der Waals surface area (Å²) in [5.41, 5.74) is 8.09. The fourth-order valence-electron chi connectivity index (χ4n) is 3.81. The predicted molar refractivity (Wildman–Crippen MR) is 153 cm³/mol. The molecule has 0 aromatic heterocycles. The normalized spacial score (nSPS) is 13.5. The molecule has 2 aliphatic rings. The number of amides is 2. The molecule has 3 N–H and O–H groups in total. The van der Waals surface area contributed by atoms with Crippen LogP contribution in [0.4, 0.5) is 5.69 Å². The van der Waals surface area contributed by atoms with Crippen LogP contribution in [0.15, 0.2) is 78.3 Å². The van der Waals surface area contributed by atoms with Crippen molar-refractivity contribution in [3.8, 4) is 0 Å². The minimum Gasteiger partial charge on any atom is -0.368 e. The summed E-state index contributed by atoms with van der Waals surface area (Å²) in [6.45, 7) is 14.6. The summed E-state index contributed by atoms with van der Waals surface area (Å²) in [5, 5.41) is 8.11. The van der Waals surface area contributed by atoms with E-state index in [0.717, 1.165) is 62.8 Å². The first-order valence-corrected chi connectivity index (χ1v) is 12.7. The van der Waals surface area contributed by atoms with Gasteiger partial charge in [-0.1, -0.05) is 49.4 Å². The summed E-state index contributed by atoms with van der Waals surface area (Å²) in [7, 11) is 1.96. The van der Waals surface area contributed by atoms with Gasteiger partial charge in [0.25, 0.3) is 5.91 Å². The highest BCUT2D eigenvalue weighted by Gasteiger charge is 2.16. The van der Waals surface area contributed by atoms with E-state index in [1.165, 1.54) is 17.2 Å². The fraction of sp³-hybridized carbons (Fsp3) is 0.345. The maximum Gasteiger partial charge on any atom is 0.270 e. The molecule has 0 fully saturated rings. The third-order valence-corrected chi connectivity index (χ3v) is 5.75. The van der Waals surface area contributed by atoms with Gasteiger partial charge in [-0.3, -0.25) is 15.0 Å². The van der Waals surface area contributed by atoms with Crippen molar-refractivity contribution in [1.82, 2.24) is 21.1 Å². The third-order valence-electron chi connectivity index (χ3n) is 5.75. The highest BCUT2D eigenvalue weighted by atomic mass is 16.1. The number of allylic oxidation sites excluding steroid dienone is 1. The van der Waals surface area contributed by atoms with E-state index in [1.54, 1.807) is 6.08 Å². The number of aliphatic imine (C=N–C) groups is 1. The molecule has 2 heterocycles. The van der Waals surface area contributed by atoms with E-state index >= 15 is 0 Å². The Morgan fingerprint density at radius 3 is 2.19 bits per heavy atom. The molecule has 0 saturated carbocycles. The van der Waals surface area contributed by atoms with E-state index in [9.17, 15) is 9.59 Å². The van der Waals surface area contributed by atoms with Crippen molar-refractivity contribution < 1.29 is 9.59 Å². The van der Waals surface area contributed by atoms with Gasteiger partial charge in [0.15, 0.2) is 0 Å². The van der Waals surface area contributed by atoms with E-state index in [4.69, 9.17) is 0 Å². The number of likely N-dealkylation sites (N-methyl/N-ethyl adjacent to an activating group) is 3. The van der Waals surface area contributed by atoms with Gasteiger partial charge in [0.1, 0.15) is 0 Å². The molecule has 0 saturated heterocycles. The molecule has 2 amide bonds. The number of nitrogens with zero attached hydrogens (tertiary/aromatic N) is 3. The van der Waals surface area contributed by atoms with Crippen LogP contribution in [0.3, 0.4) is 0 Å². The molecule has 0 bridgehead atoms. The van der Waals surface area contributed by atoms with Gasteiger partial charge in [-0.05, 0) is 49.9 Å². The van der Waals surface area contributed by atoms with Crippen LogP contribution in [0.2, 0.25) is 0 Å². The van der Waals surface area contributed by atoms with Crippen LogP contribution >= 0.6 is 0 Å². The maximum atomic E-state index is 11.0. The van der Waals surface area contributed by atoms with E-state index in [2.05, 4.69) is 58.5 Å². The first-order chi connectivity index (χ1) is 18.1. The van der Waals surface area contributed by atoms with Crippen LogP contribution in [0.1, 0.15) is 30.5 Å². The molecule has 0 spiro atoms. The molecule has 2 aromatic carbocycles. The second-order valence-corrected chi connectivity index (χ2v) is 8.37. The van der Waals surface area contributed by atoms with Crippen LogP contribution in [-0.4, -0.2) is 62.8 Å². The number of fused-ring (bicyclic) bond motifs is 1. The van der Waals surface area contributed by atoms with Crippen molar-refractivity contribution in [2.24, 2.45) is 4.99 Å². The van der Waals surface area contributed by atoms with Gasteiger partial charge < -0.3 is 15.5 Å². The maximum absolute atomic E-state index is 11.0. The molecular weight excluding hydrogens is 464 g/mol. The van der Waals surface area contributed by atoms with Crippen molar-refractivity contribution in [3.63, 3.8) is 0 Å². The number of hydrazine groups is 1. The Balaban J connectivity index is 0.000000218. The molecule has 4 rings (SSSR count). The molecule has 0 atom stereocenters. The van der Waals surface area contributed by atoms with Gasteiger partial charge in [-0.2, -0.15) is 0 Å². The van der Waals surface area contributed by atoms with E-state index in [-0.39, 0.29) is 5.91 Å². The zero-order valence-corrected chi connectivity index (χ0v) is 22.2. The number of hydrogen-bond acceptors (Lipinski definition) is 6. The van der Waals surface area contributed by atoms with Crippen molar-refractivity contribution in [2.45, 2.75) is 26.9 Å². The van der Waals surface area contributed by atoms with Gasteiger partial charge >= 0.3 is 0 Å². The first-order valence-electron chi connectivity index (χ1n) is 12.7. The van der Waals surface area contributed by atoms with Gasteiger partial charge in [0, 0.05) is 56.6 Å². The Morgan fingerprint density at radius 1 is 1.03 bits per heavy atom. The lowest BCUT2D eigenvalue weighted by Gasteiger charge is -2.21. The van der Waals surface area contributed by atoms with Crippen molar-refractivity contribution in [3.05, 3.63) is 90.0 Å². The highest BCUT2D eigenvalue weighted by Crippen LogP contribution is 2.20. The summed E-state index contributed by atoms with van der Waals surface area (Å²) in [6.07, 6.45) is 5.84. The quantitative estimate of drug-likeness (QED) is 0.248. The largest absolute Gasteiger partial charge is 0.368 e. The average Bonchev–Trinajstić information content (AvgIpc) is 3.54. The second kappa shape index (κ2) is 17.0. The number of anilines is 1. The summed E-state index contributed by atoms with van der Waals surface area (Å²) in [5.74, 6) is -0.184. The summed E-state index contributed by atoms with van der Waals surface area (Å²) < 4.78 is 0. The number of carbonyl (C=O) groups is 2. The molecule has 0 aliphatic carbocycles. The first kappa shape index (κ1) is 29.6. The summed E-state index contributed by atoms with van der Waals surface area (Å²) in [6, 6.07) is 16.3. The minimum absolute atomic E-state index is 0.184. The van der Waals surface area contributed by atoms with Gasteiger partial charge in [-0.25, -0.2) is 10.0 Å². The molecule has 0 radical (unpaired) electrons. The monoisotopic (exact) mass is 504 g/mol. The highest BCUT2D eigenvalue weighted by molar-refractivity contribution is 6.20. The van der Waals surface area contributed by atoms with E-state index in [0.29, 0.717) is 6.41 Å². The summed E-state index contributed by atoms with van der Waals surface area (Å²) in [4.78, 5) is 27.3. The van der Waals surface area contributed by atoms with Crippen molar-refractivity contribution in [1.29, 1.82) is 0 Å². The zero-order valence-electron chi connectivity index (χ0n) is 22.2. The molecular formula is C29H40N6O2. The smallest absolute Gasteiger partial charge is 0.270 e. The lowest BCUT2D eigenvalue weighted by Crippen LogP contribution is -2.31. The lowest BCUT2D eigenvalue weighted by atomic mass is 10.1. The molecule has 2 aromatic rings. The van der Waals surface area contributed by atoms with E-state index in [1.807, 2.05) is 54.5 Å².